The largest absolute Gasteiger partial charge is 0.342 e. The minimum absolute atomic E-state index is 0.0624. The van der Waals surface area contributed by atoms with Crippen LogP contribution in [0.3, 0.4) is 0 Å². The highest BCUT2D eigenvalue weighted by Gasteiger charge is 2.48. The molecule has 1 saturated carbocycles. The zero-order valence-electron chi connectivity index (χ0n) is 16.2. The molecule has 2 aliphatic rings. The number of rotatable bonds is 3. The molecule has 150 valence electrons. The Labute approximate surface area is 174 Å². The molecule has 5 nitrogen and oxygen atoms in total. The van der Waals surface area contributed by atoms with Crippen molar-refractivity contribution in [3.63, 3.8) is 0 Å². The molecule has 3 aromatic rings. The van der Waals surface area contributed by atoms with Gasteiger partial charge >= 0.3 is 5.69 Å². The normalized spacial score (nSPS) is 19.3. The van der Waals surface area contributed by atoms with Crippen LogP contribution in [0.5, 0.6) is 0 Å². The fraction of sp³-hybridized carbons (Fsp3) is 0.391. The Bertz CT molecular complexity index is 1100. The van der Waals surface area contributed by atoms with E-state index in [1.54, 1.807) is 0 Å². The van der Waals surface area contributed by atoms with E-state index in [1.807, 2.05) is 58.0 Å². The summed E-state index contributed by atoms with van der Waals surface area (Å²) >= 11 is 6.04. The molecule has 1 aliphatic carbocycles. The Morgan fingerprint density at radius 3 is 2.38 bits per heavy atom. The number of piperidine rings is 1. The van der Waals surface area contributed by atoms with Crippen LogP contribution < -0.4 is 5.69 Å². The van der Waals surface area contributed by atoms with E-state index in [-0.39, 0.29) is 17.6 Å². The van der Waals surface area contributed by atoms with Crippen molar-refractivity contribution in [2.24, 2.45) is 0 Å². The molecular formula is C23H24ClN3O2. The molecule has 0 spiro atoms. The number of para-hydroxylation sites is 2. The molecule has 1 amide bonds. The van der Waals surface area contributed by atoms with E-state index in [4.69, 9.17) is 11.6 Å². The fourth-order valence-corrected chi connectivity index (χ4v) is 5.12. The third-order valence-corrected chi connectivity index (χ3v) is 7.01. The van der Waals surface area contributed by atoms with E-state index in [9.17, 15) is 9.59 Å². The van der Waals surface area contributed by atoms with Gasteiger partial charge in [-0.05, 0) is 55.5 Å². The molecule has 1 N–H and O–H groups in total. The van der Waals surface area contributed by atoms with Gasteiger partial charge in [0, 0.05) is 24.2 Å². The van der Waals surface area contributed by atoms with Gasteiger partial charge < -0.3 is 9.88 Å². The van der Waals surface area contributed by atoms with Crippen LogP contribution in [0, 0.1) is 0 Å². The number of hydrogen-bond donors (Lipinski definition) is 1. The highest BCUT2D eigenvalue weighted by molar-refractivity contribution is 6.30. The van der Waals surface area contributed by atoms with E-state index in [0.29, 0.717) is 18.1 Å². The second-order valence-electron chi connectivity index (χ2n) is 8.28. The first-order valence-electron chi connectivity index (χ1n) is 10.3. The van der Waals surface area contributed by atoms with Crippen molar-refractivity contribution < 1.29 is 4.79 Å². The number of H-pyrrole nitrogens is 1. The number of imidazole rings is 1. The Balaban J connectivity index is 1.35. The number of amides is 1. The number of carbonyl (C=O) groups is 1. The number of aromatic amines is 1. The lowest BCUT2D eigenvalue weighted by Gasteiger charge is -2.45. The van der Waals surface area contributed by atoms with Gasteiger partial charge in [-0.15, -0.1) is 0 Å². The summed E-state index contributed by atoms with van der Waals surface area (Å²) in [5.74, 6) is 0.232. The summed E-state index contributed by atoms with van der Waals surface area (Å²) in [4.78, 5) is 30.9. The van der Waals surface area contributed by atoms with Crippen LogP contribution in [0.1, 0.15) is 43.7 Å². The monoisotopic (exact) mass is 409 g/mol. The zero-order chi connectivity index (χ0) is 20.0. The standard InChI is InChI=1S/C23H24ClN3O2/c24-17-8-6-16(7-9-17)23(12-3-13-23)21(28)26-14-10-18(11-15-26)27-20-5-2-1-4-19(20)25-22(27)29/h1-2,4-9,18H,3,10-15H2,(H,25,29). The van der Waals surface area contributed by atoms with Crippen LogP contribution in [-0.2, 0) is 10.2 Å². The van der Waals surface area contributed by atoms with Crippen LogP contribution in [0.2, 0.25) is 5.02 Å². The summed E-state index contributed by atoms with van der Waals surface area (Å²) in [5.41, 5.74) is 2.43. The molecule has 5 rings (SSSR count). The van der Waals surface area contributed by atoms with Crippen molar-refractivity contribution in [3.05, 3.63) is 69.6 Å². The van der Waals surface area contributed by atoms with Crippen molar-refractivity contribution in [1.29, 1.82) is 0 Å². The summed E-state index contributed by atoms with van der Waals surface area (Å²) < 4.78 is 1.87. The topological polar surface area (TPSA) is 58.1 Å². The lowest BCUT2D eigenvalue weighted by atomic mass is 9.63. The van der Waals surface area contributed by atoms with E-state index in [2.05, 4.69) is 4.98 Å². The molecule has 0 atom stereocenters. The van der Waals surface area contributed by atoms with Gasteiger partial charge in [-0.25, -0.2) is 4.79 Å². The molecule has 1 saturated heterocycles. The average Bonchev–Trinajstić information content (AvgIpc) is 3.04. The first-order chi connectivity index (χ1) is 14.1. The van der Waals surface area contributed by atoms with E-state index < -0.39 is 5.41 Å². The van der Waals surface area contributed by atoms with Gasteiger partial charge in [0.1, 0.15) is 0 Å². The second-order valence-corrected chi connectivity index (χ2v) is 8.72. The molecule has 1 aromatic heterocycles. The van der Waals surface area contributed by atoms with Crippen LogP contribution >= 0.6 is 11.6 Å². The van der Waals surface area contributed by atoms with Crippen molar-refractivity contribution >= 4 is 28.5 Å². The third kappa shape index (κ3) is 2.99. The second kappa shape index (κ2) is 7.06. The number of fused-ring (bicyclic) bond motifs is 1. The Kier molecular flexibility index (Phi) is 4.50. The molecule has 0 bridgehead atoms. The van der Waals surface area contributed by atoms with Gasteiger partial charge in [0.05, 0.1) is 16.4 Å². The minimum Gasteiger partial charge on any atom is -0.342 e. The molecule has 2 heterocycles. The first kappa shape index (κ1) is 18.5. The number of nitrogens with zero attached hydrogens (tertiary/aromatic N) is 2. The smallest absolute Gasteiger partial charge is 0.326 e. The molecular weight excluding hydrogens is 386 g/mol. The Morgan fingerprint density at radius 1 is 1.03 bits per heavy atom. The molecule has 2 aromatic carbocycles. The number of likely N-dealkylation sites (tertiary alicyclic amines) is 1. The van der Waals surface area contributed by atoms with Gasteiger partial charge in [-0.2, -0.15) is 0 Å². The summed E-state index contributed by atoms with van der Waals surface area (Å²) in [7, 11) is 0. The van der Waals surface area contributed by atoms with Crippen LogP contribution in [0.25, 0.3) is 11.0 Å². The molecule has 6 heteroatoms. The Hall–Kier alpha value is -2.53. The van der Waals surface area contributed by atoms with Crippen LogP contribution in [0.4, 0.5) is 0 Å². The SMILES string of the molecule is O=C(N1CCC(n2c(=O)[nH]c3ccccc32)CC1)C1(c2ccc(Cl)cc2)CCC1. The van der Waals surface area contributed by atoms with Gasteiger partial charge in [0.25, 0.3) is 0 Å². The van der Waals surface area contributed by atoms with Gasteiger partial charge in [-0.1, -0.05) is 42.3 Å². The maximum Gasteiger partial charge on any atom is 0.326 e. The van der Waals surface area contributed by atoms with E-state index in [0.717, 1.165) is 48.7 Å². The molecule has 0 radical (unpaired) electrons. The molecule has 0 unspecified atom stereocenters. The van der Waals surface area contributed by atoms with Crippen LogP contribution in [0.15, 0.2) is 53.3 Å². The molecule has 29 heavy (non-hydrogen) atoms. The lowest BCUT2D eigenvalue weighted by molar-refractivity contribution is -0.142. The van der Waals surface area contributed by atoms with Gasteiger partial charge in [-0.3, -0.25) is 9.36 Å². The maximum absolute atomic E-state index is 13.5. The third-order valence-electron chi connectivity index (χ3n) is 6.75. The highest BCUT2D eigenvalue weighted by atomic mass is 35.5. The highest BCUT2D eigenvalue weighted by Crippen LogP contribution is 2.46. The van der Waals surface area contributed by atoms with E-state index >= 15 is 0 Å². The number of nitrogens with one attached hydrogen (secondary N) is 1. The first-order valence-corrected chi connectivity index (χ1v) is 10.7. The maximum atomic E-state index is 13.5. The van der Waals surface area contributed by atoms with Gasteiger partial charge in [0.15, 0.2) is 0 Å². The van der Waals surface area contributed by atoms with Crippen LogP contribution in [-0.4, -0.2) is 33.4 Å². The van der Waals surface area contributed by atoms with Crippen molar-refractivity contribution in [2.75, 3.05) is 13.1 Å². The van der Waals surface area contributed by atoms with Crippen molar-refractivity contribution in [2.45, 2.75) is 43.6 Å². The molecule has 2 fully saturated rings. The number of carbonyl (C=O) groups excluding carboxylic acids is 1. The minimum atomic E-state index is -0.394. The predicted molar refractivity (Wildman–Crippen MR) is 114 cm³/mol. The fourth-order valence-electron chi connectivity index (χ4n) is 4.99. The zero-order valence-corrected chi connectivity index (χ0v) is 17.0. The number of halogens is 1. The lowest BCUT2D eigenvalue weighted by Crippen LogP contribution is -2.53. The number of hydrogen-bond acceptors (Lipinski definition) is 2. The summed E-state index contributed by atoms with van der Waals surface area (Å²) in [6.07, 6.45) is 4.47. The summed E-state index contributed by atoms with van der Waals surface area (Å²) in [5, 5.41) is 0.695. The predicted octanol–water partition coefficient (Wildman–Crippen LogP) is 4.27. The Morgan fingerprint density at radius 2 is 1.72 bits per heavy atom. The quantitative estimate of drug-likeness (QED) is 0.702. The number of aromatic nitrogens is 2. The summed E-state index contributed by atoms with van der Waals surface area (Å²) in [6, 6.07) is 15.7. The number of benzene rings is 2. The molecule has 1 aliphatic heterocycles. The average molecular weight is 410 g/mol. The van der Waals surface area contributed by atoms with Crippen molar-refractivity contribution in [1.82, 2.24) is 14.5 Å². The summed E-state index contributed by atoms with van der Waals surface area (Å²) in [6.45, 7) is 1.37. The van der Waals surface area contributed by atoms with Gasteiger partial charge in [0.2, 0.25) is 5.91 Å². The van der Waals surface area contributed by atoms with E-state index in [1.165, 1.54) is 0 Å². The van der Waals surface area contributed by atoms with Crippen molar-refractivity contribution in [3.8, 4) is 0 Å².